The lowest BCUT2D eigenvalue weighted by molar-refractivity contribution is 0.0966. The van der Waals surface area contributed by atoms with Gasteiger partial charge in [0.05, 0.1) is 24.9 Å². The molecule has 0 radical (unpaired) electrons. The Labute approximate surface area is 133 Å². The summed E-state index contributed by atoms with van der Waals surface area (Å²) in [5, 5.41) is 1.03. The largest absolute Gasteiger partial charge is 0.295 e. The maximum absolute atomic E-state index is 11.8. The van der Waals surface area contributed by atoms with Crippen LogP contribution < -0.4 is 10.9 Å². The van der Waals surface area contributed by atoms with E-state index in [4.69, 9.17) is 46.4 Å². The van der Waals surface area contributed by atoms with Gasteiger partial charge in [-0.25, -0.2) is 0 Å². The Kier molecular flexibility index (Phi) is 4.81. The van der Waals surface area contributed by atoms with Crippen LogP contribution in [-0.2, 0) is 0 Å². The van der Waals surface area contributed by atoms with Crippen molar-refractivity contribution in [2.75, 3.05) is 5.43 Å². The summed E-state index contributed by atoms with van der Waals surface area (Å²) in [7, 11) is 0. The Morgan fingerprint density at radius 3 is 2.21 bits per heavy atom. The first-order valence-electron chi connectivity index (χ1n) is 4.93. The third-order valence-electron chi connectivity index (χ3n) is 2.10. The lowest BCUT2D eigenvalue weighted by atomic mass is 10.3. The smallest absolute Gasteiger partial charge is 0.279 e. The maximum atomic E-state index is 11.8. The van der Waals surface area contributed by atoms with Crippen LogP contribution in [0.3, 0.4) is 0 Å². The van der Waals surface area contributed by atoms with E-state index < -0.39 is 0 Å². The molecule has 0 aliphatic heterocycles. The molecule has 1 aromatic heterocycles. The van der Waals surface area contributed by atoms with E-state index in [9.17, 15) is 4.79 Å². The number of hydrazine groups is 1. The van der Waals surface area contributed by atoms with Gasteiger partial charge in [-0.1, -0.05) is 46.4 Å². The predicted octanol–water partition coefficient (Wildman–Crippen LogP) is 5.12. The maximum Gasteiger partial charge on any atom is 0.279 e. The fourth-order valence-electron chi connectivity index (χ4n) is 1.28. The minimum absolute atomic E-state index is 0.307. The topological polar surface area (TPSA) is 41.1 Å². The molecule has 2 N–H and O–H groups in total. The average molecular weight is 356 g/mol. The van der Waals surface area contributed by atoms with Crippen molar-refractivity contribution in [3.8, 4) is 0 Å². The Balaban J connectivity index is 2.09. The molecular formula is C11H6Cl4N2OS. The van der Waals surface area contributed by atoms with E-state index in [-0.39, 0.29) is 5.91 Å². The first kappa shape index (κ1) is 14.8. The van der Waals surface area contributed by atoms with Crippen LogP contribution in [0.15, 0.2) is 24.3 Å². The third kappa shape index (κ3) is 3.68. The van der Waals surface area contributed by atoms with E-state index >= 15 is 0 Å². The highest BCUT2D eigenvalue weighted by molar-refractivity contribution is 7.18. The molecule has 1 heterocycles. The number of halogens is 4. The number of benzene rings is 1. The molecule has 0 saturated carbocycles. The van der Waals surface area contributed by atoms with E-state index in [0.717, 1.165) is 0 Å². The Morgan fingerprint density at radius 2 is 1.68 bits per heavy atom. The van der Waals surface area contributed by atoms with Crippen LogP contribution in [0, 0.1) is 0 Å². The zero-order valence-electron chi connectivity index (χ0n) is 9.14. The summed E-state index contributed by atoms with van der Waals surface area (Å²) in [4.78, 5) is 12.3. The van der Waals surface area contributed by atoms with Gasteiger partial charge < -0.3 is 0 Å². The summed E-state index contributed by atoms with van der Waals surface area (Å²) < 4.78 is 0.535. The van der Waals surface area contributed by atoms with E-state index in [1.807, 2.05) is 0 Å². The number of anilines is 1. The zero-order chi connectivity index (χ0) is 14.0. The SMILES string of the molecule is O=C(NNc1c(Cl)cc(Cl)cc1Cl)c1ccc(Cl)s1. The van der Waals surface area contributed by atoms with Crippen LogP contribution >= 0.6 is 57.7 Å². The number of amides is 1. The van der Waals surface area contributed by atoms with E-state index in [0.29, 0.717) is 30.0 Å². The number of carbonyl (C=O) groups excluding carboxylic acids is 1. The minimum atomic E-state index is -0.334. The molecule has 0 fully saturated rings. The Morgan fingerprint density at radius 1 is 1.05 bits per heavy atom. The molecule has 2 aromatic rings. The molecule has 1 amide bonds. The van der Waals surface area contributed by atoms with Gasteiger partial charge in [-0.2, -0.15) is 0 Å². The van der Waals surface area contributed by atoms with Gasteiger partial charge in [0.25, 0.3) is 5.91 Å². The van der Waals surface area contributed by atoms with Crippen molar-refractivity contribution in [1.82, 2.24) is 5.43 Å². The normalized spacial score (nSPS) is 10.3. The minimum Gasteiger partial charge on any atom is -0.295 e. The molecule has 19 heavy (non-hydrogen) atoms. The molecule has 0 unspecified atom stereocenters. The van der Waals surface area contributed by atoms with Gasteiger partial charge in [-0.3, -0.25) is 15.6 Å². The van der Waals surface area contributed by atoms with Crippen molar-refractivity contribution >= 4 is 69.3 Å². The summed E-state index contributed by atoms with van der Waals surface area (Å²) >= 11 is 24.6. The third-order valence-corrected chi connectivity index (χ3v) is 4.15. The summed E-state index contributed by atoms with van der Waals surface area (Å²) in [6, 6.07) is 6.30. The molecule has 0 aliphatic carbocycles. The first-order valence-corrected chi connectivity index (χ1v) is 7.26. The molecule has 8 heteroatoms. The molecule has 2 rings (SSSR count). The number of nitrogens with one attached hydrogen (secondary N) is 2. The van der Waals surface area contributed by atoms with Gasteiger partial charge >= 0.3 is 0 Å². The van der Waals surface area contributed by atoms with Crippen molar-refractivity contribution < 1.29 is 4.79 Å². The van der Waals surface area contributed by atoms with Crippen molar-refractivity contribution in [1.29, 1.82) is 0 Å². The van der Waals surface area contributed by atoms with Crippen LogP contribution in [-0.4, -0.2) is 5.91 Å². The Bertz CT molecular complexity index is 606. The molecule has 0 spiro atoms. The second-order valence-electron chi connectivity index (χ2n) is 3.43. The quantitative estimate of drug-likeness (QED) is 0.750. The lowest BCUT2D eigenvalue weighted by Crippen LogP contribution is -2.28. The average Bonchev–Trinajstić information content (AvgIpc) is 2.74. The number of rotatable bonds is 3. The highest BCUT2D eigenvalue weighted by atomic mass is 35.5. The van der Waals surface area contributed by atoms with E-state index in [1.54, 1.807) is 12.1 Å². The van der Waals surface area contributed by atoms with Gasteiger partial charge in [0.15, 0.2) is 0 Å². The van der Waals surface area contributed by atoms with Gasteiger partial charge in [0.2, 0.25) is 0 Å². The summed E-state index contributed by atoms with van der Waals surface area (Å²) in [5.41, 5.74) is 5.52. The molecule has 1 aromatic carbocycles. The van der Waals surface area contributed by atoms with Crippen LogP contribution in [0.2, 0.25) is 19.4 Å². The standard InChI is InChI=1S/C11H6Cl4N2OS/c12-5-3-6(13)10(7(14)4-5)16-17-11(18)8-1-2-9(15)19-8/h1-4,16H,(H,17,18). The fourth-order valence-corrected chi connectivity index (χ4v) is 3.13. The highest BCUT2D eigenvalue weighted by Crippen LogP contribution is 2.33. The van der Waals surface area contributed by atoms with Crippen molar-refractivity contribution in [2.45, 2.75) is 0 Å². The molecule has 100 valence electrons. The van der Waals surface area contributed by atoms with Gasteiger partial charge in [0.1, 0.15) is 0 Å². The van der Waals surface area contributed by atoms with Gasteiger partial charge in [0, 0.05) is 5.02 Å². The second-order valence-corrected chi connectivity index (χ2v) is 6.39. The van der Waals surface area contributed by atoms with Gasteiger partial charge in [-0.05, 0) is 24.3 Å². The number of hydrogen-bond donors (Lipinski definition) is 2. The molecule has 0 atom stereocenters. The molecule has 0 aliphatic rings. The molecule has 0 saturated heterocycles. The van der Waals surface area contributed by atoms with Crippen molar-refractivity contribution in [3.05, 3.63) is 48.5 Å². The summed E-state index contributed by atoms with van der Waals surface area (Å²) in [6.45, 7) is 0. The predicted molar refractivity (Wildman–Crippen MR) is 81.9 cm³/mol. The van der Waals surface area contributed by atoms with Crippen LogP contribution in [0.25, 0.3) is 0 Å². The monoisotopic (exact) mass is 354 g/mol. The van der Waals surface area contributed by atoms with Crippen molar-refractivity contribution in [2.24, 2.45) is 0 Å². The second kappa shape index (κ2) is 6.20. The summed E-state index contributed by atoms with van der Waals surface area (Å²) in [6.07, 6.45) is 0. The van der Waals surface area contributed by atoms with Crippen LogP contribution in [0.4, 0.5) is 5.69 Å². The fraction of sp³-hybridized carbons (Fsp3) is 0. The van der Waals surface area contributed by atoms with E-state index in [2.05, 4.69) is 10.9 Å². The Hall–Kier alpha value is -0.650. The molecule has 3 nitrogen and oxygen atoms in total. The lowest BCUT2D eigenvalue weighted by Gasteiger charge is -2.11. The van der Waals surface area contributed by atoms with Gasteiger partial charge in [-0.15, -0.1) is 11.3 Å². The zero-order valence-corrected chi connectivity index (χ0v) is 13.0. The van der Waals surface area contributed by atoms with Crippen molar-refractivity contribution in [3.63, 3.8) is 0 Å². The number of carbonyl (C=O) groups is 1. The molecule has 0 bridgehead atoms. The molecular weight excluding hydrogens is 350 g/mol. The van der Waals surface area contributed by atoms with Crippen LogP contribution in [0.1, 0.15) is 9.67 Å². The highest BCUT2D eigenvalue weighted by Gasteiger charge is 2.11. The van der Waals surface area contributed by atoms with E-state index in [1.165, 1.54) is 23.5 Å². The number of hydrogen-bond acceptors (Lipinski definition) is 3. The summed E-state index contributed by atoms with van der Waals surface area (Å²) in [5.74, 6) is -0.334. The first-order chi connectivity index (χ1) is 8.97. The van der Waals surface area contributed by atoms with Crippen LogP contribution in [0.5, 0.6) is 0 Å². The number of thiophene rings is 1.